The van der Waals surface area contributed by atoms with Gasteiger partial charge < -0.3 is 14.6 Å². The van der Waals surface area contributed by atoms with Gasteiger partial charge in [0.05, 0.1) is 34.0 Å². The SMILES string of the molecule is CNC(=O)c1c(-c2ccc(F)cc2)oc2cc(N(C)C)c(-c3cc4c(cn3)nc(CS(C)(=O)=O)n3c5cccc(F)c5cc43)cc12. The van der Waals surface area contributed by atoms with E-state index < -0.39 is 21.5 Å². The third-order valence-electron chi connectivity index (χ3n) is 7.98. The van der Waals surface area contributed by atoms with E-state index >= 15 is 0 Å². The number of rotatable bonds is 6. The van der Waals surface area contributed by atoms with Crippen LogP contribution >= 0.6 is 0 Å². The van der Waals surface area contributed by atoms with Crippen LogP contribution in [0.3, 0.4) is 0 Å². The molecule has 1 N–H and O–H groups in total. The van der Waals surface area contributed by atoms with Crippen molar-refractivity contribution < 1.29 is 26.4 Å². The number of aromatic nitrogens is 3. The van der Waals surface area contributed by atoms with Crippen LogP contribution in [0.4, 0.5) is 14.5 Å². The van der Waals surface area contributed by atoms with Gasteiger partial charge in [-0.15, -0.1) is 0 Å². The average molecular weight is 640 g/mol. The lowest BCUT2D eigenvalue weighted by molar-refractivity contribution is 0.0964. The molecule has 0 unspecified atom stereocenters. The molecular weight excluding hydrogens is 612 g/mol. The van der Waals surface area contributed by atoms with Gasteiger partial charge in [-0.3, -0.25) is 14.2 Å². The number of furan rings is 1. The standard InChI is InChI=1S/C34H27F2N5O4S/c1-37-34(42)32-23-12-21(28(40(2)3)15-30(23)45-33(32)18-8-10-19(35)11-9-18)25-13-22-26(16-38-25)39-31(17-46(4,43)44)41-27-7-5-6-24(36)20(27)14-29(22)41/h5-16H,17H2,1-4H3,(H,37,42). The van der Waals surface area contributed by atoms with Crippen molar-refractivity contribution in [2.75, 3.05) is 32.3 Å². The highest BCUT2D eigenvalue weighted by Gasteiger charge is 2.25. The molecule has 0 bridgehead atoms. The minimum atomic E-state index is -3.48. The smallest absolute Gasteiger partial charge is 0.255 e. The second-order valence-electron chi connectivity index (χ2n) is 11.4. The number of benzene rings is 3. The van der Waals surface area contributed by atoms with Crippen molar-refractivity contribution in [2.24, 2.45) is 0 Å². The van der Waals surface area contributed by atoms with Gasteiger partial charge in [-0.25, -0.2) is 22.2 Å². The number of sulfone groups is 1. The van der Waals surface area contributed by atoms with Gasteiger partial charge in [-0.1, -0.05) is 6.07 Å². The molecule has 0 aliphatic heterocycles. The van der Waals surface area contributed by atoms with E-state index in [9.17, 15) is 22.0 Å². The van der Waals surface area contributed by atoms with Crippen molar-refractivity contribution >= 4 is 59.7 Å². The van der Waals surface area contributed by atoms with Crippen LogP contribution in [-0.2, 0) is 15.6 Å². The van der Waals surface area contributed by atoms with Crippen molar-refractivity contribution in [1.82, 2.24) is 19.7 Å². The maximum Gasteiger partial charge on any atom is 0.255 e. The number of halogens is 2. The number of amides is 1. The molecule has 0 saturated carbocycles. The molecule has 0 saturated heterocycles. The normalized spacial score (nSPS) is 12.0. The average Bonchev–Trinajstić information content (AvgIpc) is 3.60. The van der Waals surface area contributed by atoms with Gasteiger partial charge in [-0.2, -0.15) is 0 Å². The Balaban J connectivity index is 1.52. The third-order valence-corrected chi connectivity index (χ3v) is 8.76. The van der Waals surface area contributed by atoms with Gasteiger partial charge in [0.15, 0.2) is 9.84 Å². The van der Waals surface area contributed by atoms with E-state index in [4.69, 9.17) is 9.40 Å². The second-order valence-corrected chi connectivity index (χ2v) is 13.5. The fraction of sp³-hybridized carbons (Fsp3) is 0.147. The molecule has 46 heavy (non-hydrogen) atoms. The molecule has 9 nitrogen and oxygen atoms in total. The Morgan fingerprint density at radius 1 is 0.978 bits per heavy atom. The van der Waals surface area contributed by atoms with Crippen LogP contribution < -0.4 is 10.2 Å². The van der Waals surface area contributed by atoms with E-state index in [2.05, 4.69) is 10.3 Å². The molecule has 0 aliphatic rings. The van der Waals surface area contributed by atoms with E-state index in [-0.39, 0.29) is 17.5 Å². The zero-order chi connectivity index (χ0) is 32.5. The Morgan fingerprint density at radius 3 is 2.43 bits per heavy atom. The van der Waals surface area contributed by atoms with Gasteiger partial charge in [0.1, 0.15) is 34.6 Å². The van der Waals surface area contributed by atoms with E-state index in [1.54, 1.807) is 40.9 Å². The highest BCUT2D eigenvalue weighted by molar-refractivity contribution is 7.89. The lowest BCUT2D eigenvalue weighted by Gasteiger charge is -2.18. The molecule has 0 atom stereocenters. The maximum absolute atomic E-state index is 15.0. The van der Waals surface area contributed by atoms with Crippen LogP contribution in [0.25, 0.3) is 60.9 Å². The van der Waals surface area contributed by atoms with E-state index in [1.807, 2.05) is 37.2 Å². The summed E-state index contributed by atoms with van der Waals surface area (Å²) >= 11 is 0. The topological polar surface area (TPSA) is 110 Å². The lowest BCUT2D eigenvalue weighted by atomic mass is 10.00. The molecule has 4 heterocycles. The first kappa shape index (κ1) is 29.4. The molecule has 12 heteroatoms. The highest BCUT2D eigenvalue weighted by atomic mass is 32.2. The zero-order valence-electron chi connectivity index (χ0n) is 25.2. The van der Waals surface area contributed by atoms with Crippen LogP contribution in [0.1, 0.15) is 16.2 Å². The summed E-state index contributed by atoms with van der Waals surface area (Å²) in [5.41, 5.74) is 4.76. The molecule has 3 aromatic carbocycles. The number of nitrogens with one attached hydrogen (secondary N) is 1. The second kappa shape index (κ2) is 10.6. The van der Waals surface area contributed by atoms with Crippen LogP contribution in [0.15, 0.2) is 77.3 Å². The Bertz CT molecular complexity index is 2490. The number of carbonyl (C=O) groups is 1. The number of hydrogen-bond acceptors (Lipinski definition) is 7. The third kappa shape index (κ3) is 4.81. The minimum absolute atomic E-state index is 0.248. The van der Waals surface area contributed by atoms with Gasteiger partial charge in [0, 0.05) is 66.4 Å². The summed E-state index contributed by atoms with van der Waals surface area (Å²) in [6.45, 7) is 0. The first-order valence-corrected chi connectivity index (χ1v) is 16.3. The summed E-state index contributed by atoms with van der Waals surface area (Å²) in [7, 11) is 1.79. The van der Waals surface area contributed by atoms with E-state index in [1.165, 1.54) is 25.2 Å². The summed E-state index contributed by atoms with van der Waals surface area (Å²) in [4.78, 5) is 24.5. The van der Waals surface area contributed by atoms with Gasteiger partial charge in [0.25, 0.3) is 5.91 Å². The molecule has 7 aromatic rings. The highest BCUT2D eigenvalue weighted by Crippen LogP contribution is 2.41. The largest absolute Gasteiger partial charge is 0.455 e. The Labute approximate surface area is 262 Å². The summed E-state index contributed by atoms with van der Waals surface area (Å²) in [5.74, 6) is -1.02. The Kier molecular flexibility index (Phi) is 6.78. The summed E-state index contributed by atoms with van der Waals surface area (Å²) in [6.07, 6.45) is 2.69. The molecule has 7 rings (SSSR count). The number of anilines is 1. The van der Waals surface area contributed by atoms with Gasteiger partial charge in [-0.05, 0) is 54.6 Å². The van der Waals surface area contributed by atoms with Crippen LogP contribution in [0, 0.1) is 11.6 Å². The molecule has 0 radical (unpaired) electrons. The fourth-order valence-corrected chi connectivity index (χ4v) is 6.61. The van der Waals surface area contributed by atoms with Crippen LogP contribution in [-0.4, -0.2) is 56.1 Å². The molecule has 0 aliphatic carbocycles. The number of pyridine rings is 1. The summed E-state index contributed by atoms with van der Waals surface area (Å²) < 4.78 is 61.3. The molecule has 232 valence electrons. The number of carbonyl (C=O) groups excluding carboxylic acids is 1. The van der Waals surface area contributed by atoms with Crippen molar-refractivity contribution in [3.05, 3.63) is 95.9 Å². The molecule has 0 fully saturated rings. The molecule has 1 amide bonds. The quantitative estimate of drug-likeness (QED) is 0.225. The summed E-state index contributed by atoms with van der Waals surface area (Å²) in [6, 6.07) is 17.5. The number of hydrogen-bond donors (Lipinski definition) is 1. The number of fused-ring (bicyclic) bond motifs is 6. The summed E-state index contributed by atoms with van der Waals surface area (Å²) in [5, 5.41) is 4.18. The van der Waals surface area contributed by atoms with Crippen LogP contribution in [0.2, 0.25) is 0 Å². The van der Waals surface area contributed by atoms with Crippen molar-refractivity contribution in [3.8, 4) is 22.6 Å². The van der Waals surface area contributed by atoms with Crippen LogP contribution in [0.5, 0.6) is 0 Å². The fourth-order valence-electron chi connectivity index (χ4n) is 5.94. The minimum Gasteiger partial charge on any atom is -0.455 e. The Hall–Kier alpha value is -5.36. The predicted octanol–water partition coefficient (Wildman–Crippen LogP) is 6.36. The maximum atomic E-state index is 15.0. The number of nitrogens with zero attached hydrogens (tertiary/aromatic N) is 4. The lowest BCUT2D eigenvalue weighted by Crippen LogP contribution is -2.18. The van der Waals surface area contributed by atoms with Crippen molar-refractivity contribution in [2.45, 2.75) is 5.75 Å². The molecule has 4 aromatic heterocycles. The van der Waals surface area contributed by atoms with Gasteiger partial charge >= 0.3 is 0 Å². The van der Waals surface area contributed by atoms with E-state index in [0.717, 1.165) is 11.9 Å². The molecular formula is C34H27F2N5O4S. The van der Waals surface area contributed by atoms with Crippen molar-refractivity contribution in [3.63, 3.8) is 0 Å². The predicted molar refractivity (Wildman–Crippen MR) is 175 cm³/mol. The Morgan fingerprint density at radius 2 is 1.74 bits per heavy atom. The zero-order valence-corrected chi connectivity index (χ0v) is 26.0. The van der Waals surface area contributed by atoms with Crippen molar-refractivity contribution in [1.29, 1.82) is 0 Å². The first-order chi connectivity index (χ1) is 21.9. The van der Waals surface area contributed by atoms with Gasteiger partial charge in [0.2, 0.25) is 0 Å². The molecule has 0 spiro atoms. The van der Waals surface area contributed by atoms with E-state index in [0.29, 0.717) is 66.4 Å². The monoisotopic (exact) mass is 639 g/mol. The first-order valence-electron chi connectivity index (χ1n) is 14.3.